The van der Waals surface area contributed by atoms with E-state index in [1.54, 1.807) is 0 Å². The summed E-state index contributed by atoms with van der Waals surface area (Å²) in [5.74, 6) is -1.65. The van der Waals surface area contributed by atoms with Gasteiger partial charge in [-0.2, -0.15) is 0 Å². The minimum Gasteiger partial charge on any atom is -0.480 e. The Morgan fingerprint density at radius 2 is 1.93 bits per heavy atom. The fourth-order valence-electron chi connectivity index (χ4n) is 0.885. The minimum atomic E-state index is -1.19. The Labute approximate surface area is 97.7 Å². The van der Waals surface area contributed by atoms with Crippen LogP contribution < -0.4 is 5.32 Å². The van der Waals surface area contributed by atoms with Crippen LogP contribution in [0.1, 0.15) is 20.8 Å². The van der Waals surface area contributed by atoms with Crippen molar-refractivity contribution in [2.24, 2.45) is 4.58 Å². The number of nitrogens with zero attached hydrogens (tertiary/aromatic N) is 1. The van der Waals surface area contributed by atoms with Crippen molar-refractivity contribution in [2.45, 2.75) is 31.6 Å². The van der Waals surface area contributed by atoms with Crippen LogP contribution in [-0.4, -0.2) is 27.8 Å². The van der Waals surface area contributed by atoms with Gasteiger partial charge >= 0.3 is 5.97 Å². The second kappa shape index (κ2) is 6.62. The van der Waals surface area contributed by atoms with Crippen LogP contribution in [0.2, 0.25) is 0 Å². The van der Waals surface area contributed by atoms with Gasteiger partial charge in [-0.1, -0.05) is 0 Å². The normalized spacial score (nSPS) is 12.2. The molecule has 0 aliphatic carbocycles. The Hall–Kier alpha value is -0.820. The van der Waals surface area contributed by atoms with Crippen LogP contribution in [0.3, 0.4) is 0 Å². The fourth-order valence-corrected chi connectivity index (χ4v) is 1.34. The molecule has 1 amide bonds. The van der Waals surface area contributed by atoms with Gasteiger partial charge in [0.15, 0.2) is 0 Å². The zero-order chi connectivity index (χ0) is 11.4. The van der Waals surface area contributed by atoms with Gasteiger partial charge in [0.2, 0.25) is 5.91 Å². The molecule has 0 aliphatic heterocycles. The van der Waals surface area contributed by atoms with Gasteiger partial charge in [0.25, 0.3) is 0 Å². The van der Waals surface area contributed by atoms with Crippen LogP contribution in [0, 0.1) is 4.91 Å². The van der Waals surface area contributed by atoms with Crippen LogP contribution in [0.15, 0.2) is 4.58 Å². The lowest BCUT2D eigenvalue weighted by molar-refractivity contribution is -0.142. The number of halogens is 1. The molecule has 8 heteroatoms. The highest BCUT2D eigenvalue weighted by Gasteiger charge is 2.37. The molecule has 6 nitrogen and oxygen atoms in total. The minimum absolute atomic E-state index is 0. The molecule has 15 heavy (non-hydrogen) atoms. The molecule has 0 spiro atoms. The Kier molecular flexibility index (Phi) is 7.33. The van der Waals surface area contributed by atoms with Gasteiger partial charge in [-0.15, -0.1) is 17.3 Å². The lowest BCUT2D eigenvalue weighted by Crippen LogP contribution is -2.51. The molecule has 0 aromatic heterocycles. The summed E-state index contributed by atoms with van der Waals surface area (Å²) in [5.41, 5.74) is 0. The lowest BCUT2D eigenvalue weighted by Gasteiger charge is -2.27. The SMILES string of the molecule is CC(=O)N[C@H](C(=O)O)C(C)(C)SN=O.Cl. The standard InChI is InChI=1S/C7H12N2O4S.ClH/c1-4(10)8-5(6(11)12)7(2,3)14-9-13;/h5H,1-3H3,(H,8,10)(H,11,12);1H/t5-;/m1./s1. The van der Waals surface area contributed by atoms with Crippen molar-refractivity contribution < 1.29 is 14.7 Å². The number of amides is 1. The summed E-state index contributed by atoms with van der Waals surface area (Å²) in [6, 6.07) is -1.14. The van der Waals surface area contributed by atoms with E-state index in [4.69, 9.17) is 5.11 Å². The number of rotatable bonds is 5. The topological polar surface area (TPSA) is 95.8 Å². The van der Waals surface area contributed by atoms with E-state index < -0.39 is 22.7 Å². The highest BCUT2D eigenvalue weighted by Crippen LogP contribution is 2.29. The highest BCUT2D eigenvalue weighted by molar-refractivity contribution is 7.99. The van der Waals surface area contributed by atoms with E-state index in [1.807, 2.05) is 0 Å². The summed E-state index contributed by atoms with van der Waals surface area (Å²) in [4.78, 5) is 31.5. The molecule has 0 bridgehead atoms. The molecule has 1 atom stereocenters. The van der Waals surface area contributed by atoms with Crippen molar-refractivity contribution in [1.29, 1.82) is 0 Å². The zero-order valence-electron chi connectivity index (χ0n) is 8.51. The van der Waals surface area contributed by atoms with E-state index in [2.05, 4.69) is 9.90 Å². The van der Waals surface area contributed by atoms with E-state index in [0.717, 1.165) is 0 Å². The number of carbonyl (C=O) groups excluding carboxylic acids is 1. The maximum Gasteiger partial charge on any atom is 0.327 e. The molecule has 2 N–H and O–H groups in total. The van der Waals surface area contributed by atoms with Gasteiger partial charge in [-0.05, 0) is 13.8 Å². The maximum absolute atomic E-state index is 10.8. The van der Waals surface area contributed by atoms with Gasteiger partial charge in [-0.3, -0.25) is 4.79 Å². The number of aliphatic carboxylic acids is 1. The first-order chi connectivity index (χ1) is 6.31. The van der Waals surface area contributed by atoms with Crippen molar-refractivity contribution >= 4 is 36.2 Å². The van der Waals surface area contributed by atoms with E-state index in [1.165, 1.54) is 20.8 Å². The summed E-state index contributed by atoms with van der Waals surface area (Å²) in [6.45, 7) is 4.26. The Balaban J connectivity index is 0. The number of carboxylic acid groups (broad SMARTS) is 1. The molecule has 0 heterocycles. The quantitative estimate of drug-likeness (QED) is 0.569. The number of carboxylic acids is 1. The summed E-state index contributed by atoms with van der Waals surface area (Å²) < 4.78 is 1.60. The van der Waals surface area contributed by atoms with Gasteiger partial charge in [0.1, 0.15) is 6.04 Å². The molecule has 0 aliphatic rings. The second-order valence-electron chi connectivity index (χ2n) is 3.24. The van der Waals surface area contributed by atoms with Crippen molar-refractivity contribution in [3.63, 3.8) is 0 Å². The molecule has 88 valence electrons. The molecule has 0 saturated heterocycles. The van der Waals surface area contributed by atoms with E-state index >= 15 is 0 Å². The largest absolute Gasteiger partial charge is 0.480 e. The summed E-state index contributed by atoms with van der Waals surface area (Å²) in [6.07, 6.45) is 0. The van der Waals surface area contributed by atoms with Gasteiger partial charge in [0.05, 0.1) is 4.75 Å². The van der Waals surface area contributed by atoms with Gasteiger partial charge < -0.3 is 10.4 Å². The number of nitrogens with one attached hydrogen (secondary N) is 1. The first-order valence-electron chi connectivity index (χ1n) is 3.82. The van der Waals surface area contributed by atoms with E-state index in [0.29, 0.717) is 11.9 Å². The third-order valence-electron chi connectivity index (χ3n) is 1.56. The monoisotopic (exact) mass is 256 g/mol. The first kappa shape index (κ1) is 16.6. The fraction of sp³-hybridized carbons (Fsp3) is 0.714. The van der Waals surface area contributed by atoms with E-state index in [-0.39, 0.29) is 12.4 Å². The Bertz CT molecular complexity index is 259. The number of nitroso groups, excluding NO2 is 1. The smallest absolute Gasteiger partial charge is 0.327 e. The Morgan fingerprint density at radius 1 is 1.47 bits per heavy atom. The molecule has 0 saturated carbocycles. The van der Waals surface area contributed by atoms with Crippen LogP contribution >= 0.6 is 24.4 Å². The predicted molar refractivity (Wildman–Crippen MR) is 60.0 cm³/mol. The summed E-state index contributed by atoms with van der Waals surface area (Å²) >= 11 is 0.586. The maximum atomic E-state index is 10.8. The van der Waals surface area contributed by atoms with Crippen LogP contribution in [-0.2, 0) is 9.59 Å². The number of hydrogen-bond donors (Lipinski definition) is 2. The molecule has 0 unspecified atom stereocenters. The van der Waals surface area contributed by atoms with Crippen molar-refractivity contribution in [3.05, 3.63) is 4.91 Å². The van der Waals surface area contributed by atoms with Crippen molar-refractivity contribution in [1.82, 2.24) is 5.32 Å². The Morgan fingerprint density at radius 3 is 2.20 bits per heavy atom. The van der Waals surface area contributed by atoms with Crippen LogP contribution in [0.5, 0.6) is 0 Å². The van der Waals surface area contributed by atoms with E-state index in [9.17, 15) is 14.5 Å². The molecule has 0 radical (unpaired) electrons. The average molecular weight is 257 g/mol. The summed E-state index contributed by atoms with van der Waals surface area (Å²) in [5, 5.41) is 11.1. The lowest BCUT2D eigenvalue weighted by atomic mass is 10.0. The average Bonchev–Trinajstić information content (AvgIpc) is 1.99. The molecular formula is C7H13ClN2O4S. The molecular weight excluding hydrogens is 244 g/mol. The van der Waals surface area contributed by atoms with Gasteiger partial charge in [-0.25, -0.2) is 4.79 Å². The number of carbonyl (C=O) groups is 2. The molecule has 0 aromatic rings. The predicted octanol–water partition coefficient (Wildman–Crippen LogP) is 1.19. The van der Waals surface area contributed by atoms with Crippen LogP contribution in [0.25, 0.3) is 0 Å². The third kappa shape index (κ3) is 5.58. The summed E-state index contributed by atoms with van der Waals surface area (Å²) in [7, 11) is 0. The highest BCUT2D eigenvalue weighted by atomic mass is 35.5. The van der Waals surface area contributed by atoms with Crippen molar-refractivity contribution in [3.8, 4) is 0 Å². The zero-order valence-corrected chi connectivity index (χ0v) is 10.1. The number of hydrogen-bond acceptors (Lipinski definition) is 5. The first-order valence-corrected chi connectivity index (χ1v) is 4.59. The molecule has 0 fully saturated rings. The molecule has 0 aromatic carbocycles. The van der Waals surface area contributed by atoms with Crippen LogP contribution in [0.4, 0.5) is 0 Å². The van der Waals surface area contributed by atoms with Crippen molar-refractivity contribution in [2.75, 3.05) is 0 Å². The third-order valence-corrected chi connectivity index (χ3v) is 2.34. The second-order valence-corrected chi connectivity index (χ2v) is 4.62. The van der Waals surface area contributed by atoms with Gasteiger partial charge in [0, 0.05) is 23.5 Å². The molecule has 0 rings (SSSR count).